The van der Waals surface area contributed by atoms with E-state index >= 15 is 0 Å². The SMILES string of the molecule is COc1ccc(OC)c(-c2cc(C(=O)N3CC(c4nc(-c5ccccc5)no4)C3)[nH]n2)c1. The smallest absolute Gasteiger partial charge is 0.271 e. The maximum absolute atomic E-state index is 12.9. The molecule has 2 aromatic carbocycles. The first-order valence-electron chi connectivity index (χ1n) is 10.1. The number of nitrogens with one attached hydrogen (secondary N) is 1. The summed E-state index contributed by atoms with van der Waals surface area (Å²) >= 11 is 0. The number of carbonyl (C=O) groups excluding carboxylic acids is 1. The van der Waals surface area contributed by atoms with Gasteiger partial charge >= 0.3 is 0 Å². The van der Waals surface area contributed by atoms with E-state index in [-0.39, 0.29) is 11.8 Å². The first-order valence-corrected chi connectivity index (χ1v) is 10.1. The first-order chi connectivity index (χ1) is 15.7. The number of hydrogen-bond donors (Lipinski definition) is 1. The quantitative estimate of drug-likeness (QED) is 0.499. The molecule has 2 aromatic heterocycles. The molecular weight excluding hydrogens is 410 g/mol. The highest BCUT2D eigenvalue weighted by Gasteiger charge is 2.36. The summed E-state index contributed by atoms with van der Waals surface area (Å²) in [6.45, 7) is 1.01. The third-order valence-electron chi connectivity index (χ3n) is 5.48. The van der Waals surface area contributed by atoms with E-state index in [0.29, 0.717) is 47.7 Å². The Morgan fingerprint density at radius 2 is 1.91 bits per heavy atom. The number of rotatable bonds is 6. The Balaban J connectivity index is 1.27. The van der Waals surface area contributed by atoms with Crippen molar-refractivity contribution in [2.75, 3.05) is 27.3 Å². The van der Waals surface area contributed by atoms with Crippen LogP contribution in [0.25, 0.3) is 22.6 Å². The van der Waals surface area contributed by atoms with Gasteiger partial charge < -0.3 is 18.9 Å². The molecule has 0 unspecified atom stereocenters. The fraction of sp³-hybridized carbons (Fsp3) is 0.217. The minimum absolute atomic E-state index is 0.0183. The Morgan fingerprint density at radius 1 is 1.09 bits per heavy atom. The summed E-state index contributed by atoms with van der Waals surface area (Å²) in [4.78, 5) is 19.1. The van der Waals surface area contributed by atoms with Gasteiger partial charge in [-0.15, -0.1) is 0 Å². The largest absolute Gasteiger partial charge is 0.497 e. The molecule has 0 atom stereocenters. The fourth-order valence-corrected chi connectivity index (χ4v) is 3.66. The average molecular weight is 431 g/mol. The number of carbonyl (C=O) groups is 1. The van der Waals surface area contributed by atoms with Gasteiger partial charge in [0.15, 0.2) is 0 Å². The van der Waals surface area contributed by atoms with Gasteiger partial charge in [0, 0.05) is 24.2 Å². The zero-order valence-corrected chi connectivity index (χ0v) is 17.6. The number of methoxy groups -OCH3 is 2. The van der Waals surface area contributed by atoms with Crippen LogP contribution in [0.5, 0.6) is 11.5 Å². The second kappa shape index (κ2) is 8.18. The van der Waals surface area contributed by atoms with Crippen molar-refractivity contribution in [3.8, 4) is 34.1 Å². The summed E-state index contributed by atoms with van der Waals surface area (Å²) < 4.78 is 16.1. The molecule has 0 spiro atoms. The van der Waals surface area contributed by atoms with Crippen LogP contribution in [0.4, 0.5) is 0 Å². The summed E-state index contributed by atoms with van der Waals surface area (Å²) in [5.41, 5.74) is 2.64. The van der Waals surface area contributed by atoms with Crippen LogP contribution in [-0.2, 0) is 0 Å². The molecule has 5 rings (SSSR count). The molecule has 0 aliphatic carbocycles. The number of benzene rings is 2. The van der Waals surface area contributed by atoms with Gasteiger partial charge in [-0.2, -0.15) is 10.1 Å². The fourth-order valence-electron chi connectivity index (χ4n) is 3.66. The van der Waals surface area contributed by atoms with Crippen LogP contribution in [0.1, 0.15) is 22.3 Å². The van der Waals surface area contributed by atoms with Gasteiger partial charge in [-0.1, -0.05) is 35.5 Å². The molecule has 1 amide bonds. The van der Waals surface area contributed by atoms with E-state index in [1.165, 1.54) is 0 Å². The predicted octanol–water partition coefficient (Wildman–Crippen LogP) is 3.38. The molecule has 0 radical (unpaired) electrons. The number of nitrogens with zero attached hydrogens (tertiary/aromatic N) is 4. The lowest BCUT2D eigenvalue weighted by Crippen LogP contribution is -2.48. The number of ether oxygens (including phenoxy) is 2. The van der Waals surface area contributed by atoms with Crippen molar-refractivity contribution in [1.82, 2.24) is 25.2 Å². The highest BCUT2D eigenvalue weighted by atomic mass is 16.5. The summed E-state index contributed by atoms with van der Waals surface area (Å²) in [5.74, 6) is 2.30. The molecule has 1 fully saturated rings. The van der Waals surface area contributed by atoms with E-state index < -0.39 is 0 Å². The molecule has 1 aliphatic rings. The Kier molecular flexibility index (Phi) is 5.06. The van der Waals surface area contributed by atoms with Crippen LogP contribution < -0.4 is 9.47 Å². The molecular formula is C23H21N5O4. The van der Waals surface area contributed by atoms with Crippen molar-refractivity contribution >= 4 is 5.91 Å². The van der Waals surface area contributed by atoms with Crippen molar-refractivity contribution in [3.63, 3.8) is 0 Å². The maximum Gasteiger partial charge on any atom is 0.271 e. The summed E-state index contributed by atoms with van der Waals surface area (Å²) in [7, 11) is 3.18. The number of likely N-dealkylation sites (tertiary alicyclic amines) is 1. The Bertz CT molecular complexity index is 1240. The molecule has 9 nitrogen and oxygen atoms in total. The van der Waals surface area contributed by atoms with Crippen LogP contribution >= 0.6 is 0 Å². The number of H-pyrrole nitrogens is 1. The van der Waals surface area contributed by atoms with Gasteiger partial charge in [-0.05, 0) is 24.3 Å². The molecule has 162 valence electrons. The van der Waals surface area contributed by atoms with Gasteiger partial charge in [-0.25, -0.2) is 0 Å². The van der Waals surface area contributed by atoms with Gasteiger partial charge in [0.2, 0.25) is 11.7 Å². The van der Waals surface area contributed by atoms with E-state index in [9.17, 15) is 4.79 Å². The van der Waals surface area contributed by atoms with Crippen molar-refractivity contribution in [1.29, 1.82) is 0 Å². The summed E-state index contributed by atoms with van der Waals surface area (Å²) in [6, 6.07) is 16.8. The van der Waals surface area contributed by atoms with E-state index in [1.807, 2.05) is 42.5 Å². The van der Waals surface area contributed by atoms with Crippen LogP contribution in [0.3, 0.4) is 0 Å². The van der Waals surface area contributed by atoms with Crippen LogP contribution in [0.2, 0.25) is 0 Å². The van der Waals surface area contributed by atoms with Gasteiger partial charge in [-0.3, -0.25) is 9.89 Å². The maximum atomic E-state index is 12.9. The Morgan fingerprint density at radius 3 is 2.66 bits per heavy atom. The lowest BCUT2D eigenvalue weighted by molar-refractivity contribution is 0.0563. The van der Waals surface area contributed by atoms with E-state index in [0.717, 1.165) is 11.1 Å². The molecule has 1 N–H and O–H groups in total. The monoisotopic (exact) mass is 431 g/mol. The second-order valence-corrected chi connectivity index (χ2v) is 7.46. The molecule has 0 bridgehead atoms. The topological polar surface area (TPSA) is 106 Å². The van der Waals surface area contributed by atoms with Gasteiger partial charge in [0.25, 0.3) is 5.91 Å². The molecule has 3 heterocycles. The average Bonchev–Trinajstić information content (AvgIpc) is 3.48. The highest BCUT2D eigenvalue weighted by molar-refractivity contribution is 5.94. The minimum Gasteiger partial charge on any atom is -0.497 e. The summed E-state index contributed by atoms with van der Waals surface area (Å²) in [6.07, 6.45) is 0. The lowest BCUT2D eigenvalue weighted by atomic mass is 9.99. The number of amides is 1. The Hall–Kier alpha value is -4.14. The molecule has 1 aliphatic heterocycles. The van der Waals surface area contributed by atoms with E-state index in [2.05, 4.69) is 20.3 Å². The molecule has 0 saturated carbocycles. The van der Waals surface area contributed by atoms with Crippen LogP contribution in [0.15, 0.2) is 59.1 Å². The second-order valence-electron chi connectivity index (χ2n) is 7.46. The van der Waals surface area contributed by atoms with Crippen molar-refractivity contribution in [2.24, 2.45) is 0 Å². The van der Waals surface area contributed by atoms with Crippen LogP contribution in [-0.4, -0.2) is 58.5 Å². The predicted molar refractivity (Wildman–Crippen MR) is 116 cm³/mol. The minimum atomic E-state index is -0.135. The molecule has 1 saturated heterocycles. The molecule has 9 heteroatoms. The van der Waals surface area contributed by atoms with Crippen molar-refractivity contribution < 1.29 is 18.8 Å². The van der Waals surface area contributed by atoms with E-state index in [1.54, 1.807) is 31.3 Å². The van der Waals surface area contributed by atoms with Crippen molar-refractivity contribution in [2.45, 2.75) is 5.92 Å². The van der Waals surface area contributed by atoms with Gasteiger partial charge in [0.05, 0.1) is 25.8 Å². The van der Waals surface area contributed by atoms with E-state index in [4.69, 9.17) is 14.0 Å². The lowest BCUT2D eigenvalue weighted by Gasteiger charge is -2.36. The first kappa shape index (κ1) is 19.8. The third kappa shape index (κ3) is 3.58. The Labute approximate surface area is 184 Å². The third-order valence-corrected chi connectivity index (χ3v) is 5.48. The highest BCUT2D eigenvalue weighted by Crippen LogP contribution is 2.33. The zero-order valence-electron chi connectivity index (χ0n) is 17.6. The summed E-state index contributed by atoms with van der Waals surface area (Å²) in [5, 5.41) is 11.2. The normalized spacial score (nSPS) is 13.6. The molecule has 32 heavy (non-hydrogen) atoms. The zero-order chi connectivity index (χ0) is 22.1. The van der Waals surface area contributed by atoms with Gasteiger partial charge in [0.1, 0.15) is 17.2 Å². The number of aromatic amines is 1. The standard InChI is InChI=1S/C23H21N5O4/c1-30-16-8-9-20(31-2)17(10-16)18-11-19(26-25-18)23(29)28-12-15(13-28)22-24-21(27-32-22)14-6-4-3-5-7-14/h3-11,15H,12-13H2,1-2H3,(H,25,26). The number of hydrogen-bond acceptors (Lipinski definition) is 7. The van der Waals surface area contributed by atoms with Crippen molar-refractivity contribution in [3.05, 3.63) is 66.2 Å². The van der Waals surface area contributed by atoms with Crippen LogP contribution in [0, 0.1) is 0 Å². The number of aromatic nitrogens is 4. The molecule has 4 aromatic rings.